The number of nitrogens with one attached hydrogen (secondary N) is 1. The number of hydrogen-bond acceptors (Lipinski definition) is 7. The molecule has 2 rings (SSSR count). The fraction of sp³-hybridized carbons (Fsp3) is 0.316. The summed E-state index contributed by atoms with van der Waals surface area (Å²) in [5.41, 5.74) is 3.31. The van der Waals surface area contributed by atoms with E-state index in [1.807, 2.05) is 6.92 Å². The Balaban J connectivity index is 2.33. The van der Waals surface area contributed by atoms with Gasteiger partial charge < -0.3 is 4.74 Å². The third-order valence-electron chi connectivity index (χ3n) is 4.09. The van der Waals surface area contributed by atoms with Gasteiger partial charge in [-0.2, -0.15) is 9.41 Å². The second kappa shape index (κ2) is 9.99. The van der Waals surface area contributed by atoms with E-state index in [1.165, 1.54) is 22.7 Å². The van der Waals surface area contributed by atoms with Gasteiger partial charge in [0, 0.05) is 25.2 Å². The fourth-order valence-corrected chi connectivity index (χ4v) is 4.25. The van der Waals surface area contributed by atoms with E-state index in [2.05, 4.69) is 10.5 Å². The lowest BCUT2D eigenvalue weighted by Gasteiger charge is -2.20. The molecule has 0 bridgehead atoms. The molecule has 0 aliphatic heterocycles. The summed E-state index contributed by atoms with van der Waals surface area (Å²) >= 11 is 0. The van der Waals surface area contributed by atoms with Crippen molar-refractivity contribution in [2.75, 3.05) is 25.1 Å². The molecule has 0 aromatic heterocycles. The van der Waals surface area contributed by atoms with Gasteiger partial charge in [0.1, 0.15) is 10.6 Å². The molecule has 0 aliphatic rings. The van der Waals surface area contributed by atoms with Crippen molar-refractivity contribution < 1.29 is 18.1 Å². The van der Waals surface area contributed by atoms with Gasteiger partial charge in [-0.3, -0.25) is 15.5 Å². The molecule has 1 N–H and O–H groups in total. The third-order valence-corrected chi connectivity index (χ3v) is 6.18. The van der Waals surface area contributed by atoms with E-state index in [1.54, 1.807) is 38.1 Å². The van der Waals surface area contributed by atoms with Gasteiger partial charge in [-0.1, -0.05) is 13.8 Å². The van der Waals surface area contributed by atoms with Gasteiger partial charge in [-0.05, 0) is 42.8 Å². The van der Waals surface area contributed by atoms with Gasteiger partial charge in [0.2, 0.25) is 10.0 Å². The first-order valence-electron chi connectivity index (χ1n) is 9.14. The molecule has 29 heavy (non-hydrogen) atoms. The van der Waals surface area contributed by atoms with Crippen LogP contribution in [0.5, 0.6) is 5.75 Å². The van der Waals surface area contributed by atoms with Gasteiger partial charge in [0.25, 0.3) is 5.69 Å². The average molecular weight is 420 g/mol. The Hall–Kier alpha value is -2.98. The SMILES string of the molecule is CCOc1ccc(C=NNc2ccc([N+](=O)[O-])cc2S(=O)(=O)N(CC)CC)cc1. The highest BCUT2D eigenvalue weighted by molar-refractivity contribution is 7.89. The van der Waals surface area contributed by atoms with E-state index < -0.39 is 14.9 Å². The lowest BCUT2D eigenvalue weighted by atomic mass is 10.2. The topological polar surface area (TPSA) is 114 Å². The van der Waals surface area contributed by atoms with Crippen LogP contribution in [0.4, 0.5) is 11.4 Å². The normalized spacial score (nSPS) is 11.7. The van der Waals surface area contributed by atoms with Crippen LogP contribution in [0, 0.1) is 10.1 Å². The van der Waals surface area contributed by atoms with Crippen molar-refractivity contribution in [2.45, 2.75) is 25.7 Å². The quantitative estimate of drug-likeness (QED) is 0.358. The van der Waals surface area contributed by atoms with Gasteiger partial charge in [-0.25, -0.2) is 8.42 Å². The maximum absolute atomic E-state index is 12.9. The number of sulfonamides is 1. The summed E-state index contributed by atoms with van der Waals surface area (Å²) in [4.78, 5) is 10.3. The highest BCUT2D eigenvalue weighted by atomic mass is 32.2. The van der Waals surface area contributed by atoms with Crippen LogP contribution in [-0.4, -0.2) is 43.6 Å². The summed E-state index contributed by atoms with van der Waals surface area (Å²) in [6.45, 7) is 6.37. The molecule has 2 aromatic rings. The minimum Gasteiger partial charge on any atom is -0.494 e. The molecule has 2 aromatic carbocycles. The predicted octanol–water partition coefficient (Wildman–Crippen LogP) is 3.47. The second-order valence-electron chi connectivity index (χ2n) is 5.90. The number of hydrogen-bond donors (Lipinski definition) is 1. The smallest absolute Gasteiger partial charge is 0.270 e. The van der Waals surface area contributed by atoms with Crippen molar-refractivity contribution in [2.24, 2.45) is 5.10 Å². The number of nitrogens with zero attached hydrogens (tertiary/aromatic N) is 3. The largest absolute Gasteiger partial charge is 0.494 e. The molecule has 0 atom stereocenters. The molecular weight excluding hydrogens is 396 g/mol. The first-order valence-corrected chi connectivity index (χ1v) is 10.6. The number of benzene rings is 2. The molecule has 0 fully saturated rings. The maximum atomic E-state index is 12.9. The Morgan fingerprint density at radius 3 is 2.34 bits per heavy atom. The Labute approximate surface area is 170 Å². The molecule has 0 radical (unpaired) electrons. The van der Waals surface area contributed by atoms with Crippen LogP contribution >= 0.6 is 0 Å². The van der Waals surface area contributed by atoms with Crippen LogP contribution in [0.1, 0.15) is 26.3 Å². The van der Waals surface area contributed by atoms with Crippen LogP contribution in [0.25, 0.3) is 0 Å². The maximum Gasteiger partial charge on any atom is 0.270 e. The van der Waals surface area contributed by atoms with Gasteiger partial charge in [0.15, 0.2) is 0 Å². The van der Waals surface area contributed by atoms with Crippen LogP contribution in [0.3, 0.4) is 0 Å². The Kier molecular flexibility index (Phi) is 7.68. The van der Waals surface area contributed by atoms with Crippen LogP contribution in [-0.2, 0) is 10.0 Å². The van der Waals surface area contributed by atoms with Crippen molar-refractivity contribution in [3.63, 3.8) is 0 Å². The Bertz CT molecular complexity index is 971. The van der Waals surface area contributed by atoms with Crippen molar-refractivity contribution in [3.8, 4) is 5.75 Å². The van der Waals surface area contributed by atoms with E-state index >= 15 is 0 Å². The van der Waals surface area contributed by atoms with Gasteiger partial charge in [0.05, 0.1) is 23.4 Å². The Morgan fingerprint density at radius 1 is 1.14 bits per heavy atom. The zero-order chi connectivity index (χ0) is 21.4. The fourth-order valence-electron chi connectivity index (χ4n) is 2.63. The molecule has 0 unspecified atom stereocenters. The van der Waals surface area contributed by atoms with Crippen LogP contribution in [0.2, 0.25) is 0 Å². The third kappa shape index (κ3) is 5.52. The van der Waals surface area contributed by atoms with Gasteiger partial charge in [-0.15, -0.1) is 0 Å². The van der Waals surface area contributed by atoms with Crippen molar-refractivity contribution in [1.29, 1.82) is 0 Å². The van der Waals surface area contributed by atoms with Crippen molar-refractivity contribution >= 4 is 27.6 Å². The minimum absolute atomic E-state index is 0.157. The van der Waals surface area contributed by atoms with Crippen LogP contribution < -0.4 is 10.2 Å². The summed E-state index contributed by atoms with van der Waals surface area (Å²) in [5, 5.41) is 15.2. The minimum atomic E-state index is -3.92. The van der Waals surface area contributed by atoms with E-state index in [9.17, 15) is 18.5 Å². The molecule has 0 amide bonds. The summed E-state index contributed by atoms with van der Waals surface area (Å²) in [6.07, 6.45) is 1.52. The molecule has 9 nitrogen and oxygen atoms in total. The zero-order valence-electron chi connectivity index (χ0n) is 16.5. The highest BCUT2D eigenvalue weighted by Crippen LogP contribution is 2.29. The van der Waals surface area contributed by atoms with E-state index in [4.69, 9.17) is 4.74 Å². The summed E-state index contributed by atoms with van der Waals surface area (Å²) in [6, 6.07) is 10.8. The monoisotopic (exact) mass is 420 g/mol. The number of rotatable bonds is 10. The summed E-state index contributed by atoms with van der Waals surface area (Å²) in [7, 11) is -3.92. The molecule has 10 heteroatoms. The first-order chi connectivity index (χ1) is 13.8. The average Bonchev–Trinajstić information content (AvgIpc) is 2.70. The van der Waals surface area contributed by atoms with E-state index in [-0.39, 0.29) is 29.4 Å². The number of ether oxygens (including phenoxy) is 1. The molecule has 0 heterocycles. The van der Waals surface area contributed by atoms with E-state index in [0.29, 0.717) is 6.61 Å². The summed E-state index contributed by atoms with van der Waals surface area (Å²) in [5.74, 6) is 0.737. The number of nitro groups is 1. The number of nitro benzene ring substituents is 1. The number of non-ortho nitro benzene ring substituents is 1. The highest BCUT2D eigenvalue weighted by Gasteiger charge is 2.27. The molecule has 0 spiro atoms. The molecule has 0 aliphatic carbocycles. The lowest BCUT2D eigenvalue weighted by Crippen LogP contribution is -2.31. The zero-order valence-corrected chi connectivity index (χ0v) is 17.3. The van der Waals surface area contributed by atoms with Crippen molar-refractivity contribution in [1.82, 2.24) is 4.31 Å². The first kappa shape index (κ1) is 22.3. The molecule has 156 valence electrons. The number of hydrazone groups is 1. The Morgan fingerprint density at radius 2 is 1.79 bits per heavy atom. The molecule has 0 saturated carbocycles. The second-order valence-corrected chi connectivity index (χ2v) is 7.81. The molecular formula is C19H24N4O5S. The van der Waals surface area contributed by atoms with Crippen LogP contribution in [0.15, 0.2) is 52.5 Å². The van der Waals surface area contributed by atoms with Gasteiger partial charge >= 0.3 is 0 Å². The molecule has 0 saturated heterocycles. The predicted molar refractivity (Wildman–Crippen MR) is 112 cm³/mol. The van der Waals surface area contributed by atoms with E-state index in [0.717, 1.165) is 17.4 Å². The van der Waals surface area contributed by atoms with Crippen molar-refractivity contribution in [3.05, 3.63) is 58.1 Å². The standard InChI is InChI=1S/C19H24N4O5S/c1-4-22(5-2)29(26,27)19-13-16(23(24)25)9-12-18(19)21-20-14-15-7-10-17(11-8-15)28-6-3/h7-14,21H,4-6H2,1-3H3. The summed E-state index contributed by atoms with van der Waals surface area (Å²) < 4.78 is 32.4. The number of anilines is 1. The lowest BCUT2D eigenvalue weighted by molar-refractivity contribution is -0.385.